The van der Waals surface area contributed by atoms with Crippen LogP contribution in [0.1, 0.15) is 27.3 Å². The Kier molecular flexibility index (Phi) is 6.12. The molecular weight excluding hydrogens is 366 g/mol. The van der Waals surface area contributed by atoms with Crippen LogP contribution < -0.4 is 4.74 Å². The van der Waals surface area contributed by atoms with E-state index < -0.39 is 11.7 Å². The van der Waals surface area contributed by atoms with Gasteiger partial charge in [0.15, 0.2) is 0 Å². The van der Waals surface area contributed by atoms with Crippen LogP contribution >= 0.6 is 0 Å². The second-order valence-corrected chi connectivity index (χ2v) is 7.01. The Hall–Kier alpha value is -3.41. The SMILES string of the molecule is Cc1cccc(OCCN(C)C(=O)C(=O)c2c(C)nn(-c3ccccc3)c2C)c1. The lowest BCUT2D eigenvalue weighted by molar-refractivity contribution is -0.125. The van der Waals surface area contributed by atoms with Crippen LogP contribution in [-0.4, -0.2) is 46.6 Å². The first-order valence-corrected chi connectivity index (χ1v) is 9.49. The number of para-hydroxylation sites is 1. The highest BCUT2D eigenvalue weighted by Crippen LogP contribution is 2.19. The second-order valence-electron chi connectivity index (χ2n) is 7.01. The van der Waals surface area contributed by atoms with E-state index in [9.17, 15) is 9.59 Å². The molecule has 0 aliphatic rings. The number of hydrogen-bond donors (Lipinski definition) is 0. The topological polar surface area (TPSA) is 64.4 Å². The van der Waals surface area contributed by atoms with Gasteiger partial charge in [0, 0.05) is 7.05 Å². The molecule has 0 saturated heterocycles. The van der Waals surface area contributed by atoms with Gasteiger partial charge < -0.3 is 9.64 Å². The number of Topliss-reactive ketones (excluding diaryl/α,β-unsaturated/α-hetero) is 1. The molecule has 0 atom stereocenters. The zero-order chi connectivity index (χ0) is 21.0. The van der Waals surface area contributed by atoms with Crippen molar-refractivity contribution in [3.63, 3.8) is 0 Å². The molecule has 29 heavy (non-hydrogen) atoms. The van der Waals surface area contributed by atoms with Gasteiger partial charge in [0.25, 0.3) is 11.7 Å². The molecule has 6 nitrogen and oxygen atoms in total. The molecule has 1 aromatic heterocycles. The number of aryl methyl sites for hydroxylation is 2. The van der Waals surface area contributed by atoms with Crippen molar-refractivity contribution >= 4 is 11.7 Å². The molecule has 1 heterocycles. The normalized spacial score (nSPS) is 10.6. The molecule has 2 aromatic carbocycles. The highest BCUT2D eigenvalue weighted by atomic mass is 16.5. The molecule has 3 aromatic rings. The van der Waals surface area contributed by atoms with Gasteiger partial charge in [-0.1, -0.05) is 30.3 Å². The standard InChI is InChI=1S/C23H25N3O3/c1-16-9-8-12-20(15-16)29-14-13-25(4)23(28)22(27)21-17(2)24-26(18(21)3)19-10-6-5-7-11-19/h5-12,15H,13-14H2,1-4H3. The molecule has 0 radical (unpaired) electrons. The maximum atomic E-state index is 12.9. The molecule has 0 spiro atoms. The molecule has 0 unspecified atom stereocenters. The Labute approximate surface area is 170 Å². The Morgan fingerprint density at radius 3 is 2.45 bits per heavy atom. The fourth-order valence-corrected chi connectivity index (χ4v) is 3.18. The van der Waals surface area contributed by atoms with E-state index in [1.165, 1.54) is 4.90 Å². The van der Waals surface area contributed by atoms with Crippen molar-refractivity contribution in [2.45, 2.75) is 20.8 Å². The van der Waals surface area contributed by atoms with Crippen LogP contribution in [0.3, 0.4) is 0 Å². The number of rotatable bonds is 7. The van der Waals surface area contributed by atoms with Crippen LogP contribution in [0.2, 0.25) is 0 Å². The summed E-state index contributed by atoms with van der Waals surface area (Å²) in [5.74, 6) is -0.384. The van der Waals surface area contributed by atoms with Crippen LogP contribution in [0.25, 0.3) is 5.69 Å². The lowest BCUT2D eigenvalue weighted by atomic mass is 10.1. The third-order valence-corrected chi connectivity index (χ3v) is 4.75. The van der Waals surface area contributed by atoms with E-state index in [1.54, 1.807) is 25.6 Å². The highest BCUT2D eigenvalue weighted by Gasteiger charge is 2.27. The van der Waals surface area contributed by atoms with E-state index in [-0.39, 0.29) is 0 Å². The minimum Gasteiger partial charge on any atom is -0.492 e. The maximum absolute atomic E-state index is 12.9. The predicted molar refractivity (Wildman–Crippen MR) is 112 cm³/mol. The fraction of sp³-hybridized carbons (Fsp3) is 0.261. The van der Waals surface area contributed by atoms with Crippen molar-refractivity contribution in [2.75, 3.05) is 20.2 Å². The zero-order valence-electron chi connectivity index (χ0n) is 17.2. The van der Waals surface area contributed by atoms with Crippen molar-refractivity contribution in [1.29, 1.82) is 0 Å². The molecule has 0 fully saturated rings. The number of ketones is 1. The van der Waals surface area contributed by atoms with Crippen LogP contribution in [0, 0.1) is 20.8 Å². The average molecular weight is 391 g/mol. The van der Waals surface area contributed by atoms with E-state index in [4.69, 9.17) is 4.74 Å². The third-order valence-electron chi connectivity index (χ3n) is 4.75. The number of hydrogen-bond acceptors (Lipinski definition) is 4. The number of ether oxygens (including phenoxy) is 1. The smallest absolute Gasteiger partial charge is 0.294 e. The molecule has 0 aliphatic carbocycles. The van der Waals surface area contributed by atoms with Gasteiger partial charge in [-0.15, -0.1) is 0 Å². The van der Waals surface area contributed by atoms with E-state index in [0.717, 1.165) is 17.0 Å². The van der Waals surface area contributed by atoms with Crippen molar-refractivity contribution in [2.24, 2.45) is 0 Å². The minimum atomic E-state index is -0.573. The van der Waals surface area contributed by atoms with Crippen molar-refractivity contribution < 1.29 is 14.3 Å². The largest absolute Gasteiger partial charge is 0.492 e. The van der Waals surface area contributed by atoms with Gasteiger partial charge in [0.05, 0.1) is 29.2 Å². The third kappa shape index (κ3) is 4.54. The quantitative estimate of drug-likeness (QED) is 0.457. The zero-order valence-corrected chi connectivity index (χ0v) is 17.2. The Morgan fingerprint density at radius 2 is 1.76 bits per heavy atom. The van der Waals surface area contributed by atoms with Gasteiger partial charge >= 0.3 is 0 Å². The summed E-state index contributed by atoms with van der Waals surface area (Å²) in [5, 5.41) is 4.45. The molecule has 1 amide bonds. The number of benzene rings is 2. The summed E-state index contributed by atoms with van der Waals surface area (Å²) in [7, 11) is 1.60. The van der Waals surface area contributed by atoms with Crippen molar-refractivity contribution in [3.05, 3.63) is 77.1 Å². The van der Waals surface area contributed by atoms with Crippen LogP contribution in [-0.2, 0) is 4.79 Å². The van der Waals surface area contributed by atoms with E-state index in [1.807, 2.05) is 61.5 Å². The monoisotopic (exact) mass is 391 g/mol. The first kappa shape index (κ1) is 20.3. The van der Waals surface area contributed by atoms with Crippen LogP contribution in [0.15, 0.2) is 54.6 Å². The number of nitrogens with zero attached hydrogens (tertiary/aromatic N) is 3. The predicted octanol–water partition coefficient (Wildman–Crippen LogP) is 3.52. The van der Waals surface area contributed by atoms with E-state index >= 15 is 0 Å². The summed E-state index contributed by atoms with van der Waals surface area (Å²) in [6.45, 7) is 6.15. The van der Waals surface area contributed by atoms with Gasteiger partial charge in [0.1, 0.15) is 12.4 Å². The van der Waals surface area contributed by atoms with Crippen LogP contribution in [0.5, 0.6) is 5.75 Å². The Balaban J connectivity index is 1.68. The Morgan fingerprint density at radius 1 is 1.03 bits per heavy atom. The molecule has 0 saturated carbocycles. The summed E-state index contributed by atoms with van der Waals surface area (Å²) in [6, 6.07) is 17.2. The lowest BCUT2D eigenvalue weighted by Crippen LogP contribution is -2.36. The fourth-order valence-electron chi connectivity index (χ4n) is 3.18. The summed E-state index contributed by atoms with van der Waals surface area (Å²) in [5.41, 5.74) is 3.49. The lowest BCUT2D eigenvalue weighted by Gasteiger charge is -2.17. The number of carbonyl (C=O) groups is 2. The highest BCUT2D eigenvalue weighted by molar-refractivity contribution is 6.43. The van der Waals surface area contributed by atoms with E-state index in [0.29, 0.717) is 30.1 Å². The van der Waals surface area contributed by atoms with Crippen molar-refractivity contribution in [1.82, 2.24) is 14.7 Å². The summed E-state index contributed by atoms with van der Waals surface area (Å²) < 4.78 is 7.37. The average Bonchev–Trinajstić information content (AvgIpc) is 3.01. The van der Waals surface area contributed by atoms with Crippen LogP contribution in [0.4, 0.5) is 0 Å². The van der Waals surface area contributed by atoms with Gasteiger partial charge in [-0.2, -0.15) is 5.10 Å². The van der Waals surface area contributed by atoms with Gasteiger partial charge in [-0.05, 0) is 50.6 Å². The summed E-state index contributed by atoms with van der Waals surface area (Å²) in [4.78, 5) is 26.9. The summed E-state index contributed by atoms with van der Waals surface area (Å²) >= 11 is 0. The molecule has 3 rings (SSSR count). The van der Waals surface area contributed by atoms with Gasteiger partial charge in [0.2, 0.25) is 0 Å². The number of amides is 1. The van der Waals surface area contributed by atoms with Crippen molar-refractivity contribution in [3.8, 4) is 11.4 Å². The molecule has 150 valence electrons. The van der Waals surface area contributed by atoms with Gasteiger partial charge in [-0.25, -0.2) is 4.68 Å². The molecular formula is C23H25N3O3. The van der Waals surface area contributed by atoms with Gasteiger partial charge in [-0.3, -0.25) is 9.59 Å². The first-order chi connectivity index (χ1) is 13.9. The first-order valence-electron chi connectivity index (χ1n) is 9.49. The molecule has 0 aliphatic heterocycles. The van der Waals surface area contributed by atoms with E-state index in [2.05, 4.69) is 5.10 Å². The molecule has 0 N–H and O–H groups in total. The number of carbonyl (C=O) groups excluding carboxylic acids is 2. The minimum absolute atomic E-state index is 0.306. The maximum Gasteiger partial charge on any atom is 0.294 e. The second kappa shape index (κ2) is 8.73. The number of likely N-dealkylation sites (N-methyl/N-ethyl adjacent to an activating group) is 1. The number of aromatic nitrogens is 2. The summed E-state index contributed by atoms with van der Waals surface area (Å²) in [6.07, 6.45) is 0. The molecule has 6 heteroatoms. The molecule has 0 bridgehead atoms. The Bertz CT molecular complexity index is 1030.